The summed E-state index contributed by atoms with van der Waals surface area (Å²) in [6, 6.07) is 6.55. The molecule has 16 heavy (non-hydrogen) atoms. The summed E-state index contributed by atoms with van der Waals surface area (Å²) in [6.45, 7) is 5.32. The van der Waals surface area contributed by atoms with Crippen LogP contribution in [0, 0.1) is 5.21 Å². The predicted octanol–water partition coefficient (Wildman–Crippen LogP) is 1.99. The monoisotopic (exact) mass is 241 g/mol. The molecule has 5 heteroatoms. The fourth-order valence-corrected chi connectivity index (χ4v) is 1.58. The highest BCUT2D eigenvalue weighted by Gasteiger charge is 2.19. The van der Waals surface area contributed by atoms with Crippen LogP contribution in [0.3, 0.4) is 0 Å². The maximum absolute atomic E-state index is 11.7. The van der Waals surface area contributed by atoms with E-state index in [0.29, 0.717) is 5.56 Å². The topological polar surface area (TPSA) is 63.4 Å². The van der Waals surface area contributed by atoms with Gasteiger partial charge in [0.2, 0.25) is 0 Å². The van der Waals surface area contributed by atoms with E-state index in [1.165, 1.54) is 12.3 Å². The Morgan fingerprint density at radius 1 is 1.38 bits per heavy atom. The molecule has 0 saturated carbocycles. The average Bonchev–Trinajstić information content (AvgIpc) is 2.16. The van der Waals surface area contributed by atoms with Gasteiger partial charge in [-0.2, -0.15) is 0 Å². The Bertz CT molecular complexity index is 435. The van der Waals surface area contributed by atoms with Crippen molar-refractivity contribution >= 4 is 17.3 Å². The van der Waals surface area contributed by atoms with Crippen molar-refractivity contribution in [2.24, 2.45) is 0 Å². The van der Waals surface area contributed by atoms with Gasteiger partial charge in [0.1, 0.15) is 0 Å². The summed E-state index contributed by atoms with van der Waals surface area (Å²) in [7, 11) is 0. The van der Waals surface area contributed by atoms with Gasteiger partial charge in [-0.15, -0.1) is 0 Å². The maximum atomic E-state index is 11.7. The molecule has 1 unspecified atom stereocenters. The first-order chi connectivity index (χ1) is 7.32. The van der Waals surface area contributed by atoms with Crippen molar-refractivity contribution in [2.75, 3.05) is 0 Å². The standard InChI is InChI=1S/C11H15NO3S/c1-11(2,3)12(13)8-9-6-4-5-7-10(9)16(14)15/h4-8H,1-3H3,(H,14,15)/b12-8+. The second-order valence-electron chi connectivity index (χ2n) is 4.41. The lowest BCUT2D eigenvalue weighted by Crippen LogP contribution is -2.29. The van der Waals surface area contributed by atoms with Crippen molar-refractivity contribution < 1.29 is 13.5 Å². The van der Waals surface area contributed by atoms with E-state index in [4.69, 9.17) is 4.55 Å². The lowest BCUT2D eigenvalue weighted by Gasteiger charge is -2.18. The smallest absolute Gasteiger partial charge is 0.187 e. The third-order valence-corrected chi connectivity index (χ3v) is 2.77. The molecule has 0 fully saturated rings. The molecule has 0 aliphatic carbocycles. The van der Waals surface area contributed by atoms with Crippen LogP contribution in [-0.4, -0.2) is 25.3 Å². The van der Waals surface area contributed by atoms with Gasteiger partial charge >= 0.3 is 0 Å². The van der Waals surface area contributed by atoms with Gasteiger partial charge in [0.25, 0.3) is 0 Å². The van der Waals surface area contributed by atoms with Gasteiger partial charge < -0.3 is 9.76 Å². The van der Waals surface area contributed by atoms with Crippen molar-refractivity contribution in [1.29, 1.82) is 0 Å². The predicted molar refractivity (Wildman–Crippen MR) is 64.0 cm³/mol. The summed E-state index contributed by atoms with van der Waals surface area (Å²) in [4.78, 5) is 0.243. The van der Waals surface area contributed by atoms with E-state index < -0.39 is 16.6 Å². The van der Waals surface area contributed by atoms with Crippen LogP contribution in [0.5, 0.6) is 0 Å². The van der Waals surface area contributed by atoms with Crippen molar-refractivity contribution in [3.8, 4) is 0 Å². The minimum atomic E-state index is -2.08. The molecule has 0 radical (unpaired) electrons. The van der Waals surface area contributed by atoms with Crippen LogP contribution in [0.2, 0.25) is 0 Å². The van der Waals surface area contributed by atoms with Crippen molar-refractivity contribution in [2.45, 2.75) is 31.2 Å². The molecule has 0 amide bonds. The van der Waals surface area contributed by atoms with E-state index in [1.54, 1.807) is 39.0 Å². The second-order valence-corrected chi connectivity index (χ2v) is 5.35. The second kappa shape index (κ2) is 4.76. The molecule has 0 aromatic heterocycles. The highest BCUT2D eigenvalue weighted by Crippen LogP contribution is 2.12. The fraction of sp³-hybridized carbons (Fsp3) is 0.364. The van der Waals surface area contributed by atoms with Crippen LogP contribution >= 0.6 is 0 Å². The largest absolute Gasteiger partial charge is 0.623 e. The summed E-state index contributed by atoms with van der Waals surface area (Å²) >= 11 is -2.08. The molecule has 1 aromatic carbocycles. The lowest BCUT2D eigenvalue weighted by atomic mass is 10.1. The SMILES string of the molecule is CC(C)(C)/[N+]([O-])=C\c1ccccc1S(=O)O. The van der Waals surface area contributed by atoms with Crippen LogP contribution in [0.25, 0.3) is 0 Å². The Balaban J connectivity index is 3.20. The molecular weight excluding hydrogens is 226 g/mol. The Kier molecular flexibility index (Phi) is 3.83. The minimum Gasteiger partial charge on any atom is -0.623 e. The molecule has 1 aromatic rings. The summed E-state index contributed by atoms with van der Waals surface area (Å²) in [5.41, 5.74) is -0.0994. The van der Waals surface area contributed by atoms with E-state index in [1.807, 2.05) is 0 Å². The van der Waals surface area contributed by atoms with Crippen LogP contribution in [0.4, 0.5) is 0 Å². The molecule has 0 spiro atoms. The van der Waals surface area contributed by atoms with Gasteiger partial charge in [-0.1, -0.05) is 12.1 Å². The van der Waals surface area contributed by atoms with Crippen LogP contribution in [0.15, 0.2) is 29.2 Å². The zero-order valence-electron chi connectivity index (χ0n) is 9.51. The molecule has 0 aliphatic rings. The van der Waals surface area contributed by atoms with Gasteiger partial charge in [0.15, 0.2) is 22.8 Å². The summed E-state index contributed by atoms with van der Waals surface area (Å²) in [5.74, 6) is 0. The van der Waals surface area contributed by atoms with Crippen LogP contribution < -0.4 is 0 Å². The molecule has 4 nitrogen and oxygen atoms in total. The Morgan fingerprint density at radius 3 is 2.44 bits per heavy atom. The van der Waals surface area contributed by atoms with Gasteiger partial charge in [-0.25, -0.2) is 8.95 Å². The normalized spacial score (nSPS) is 14.9. The third kappa shape index (κ3) is 3.15. The molecule has 0 aliphatic heterocycles. The average molecular weight is 241 g/mol. The highest BCUT2D eigenvalue weighted by atomic mass is 32.2. The zero-order chi connectivity index (χ0) is 12.3. The van der Waals surface area contributed by atoms with E-state index in [9.17, 15) is 9.42 Å². The Hall–Kier alpha value is -1.20. The molecule has 88 valence electrons. The first-order valence-electron chi connectivity index (χ1n) is 4.83. The summed E-state index contributed by atoms with van der Waals surface area (Å²) in [5, 5.41) is 11.7. The van der Waals surface area contributed by atoms with E-state index in [0.717, 1.165) is 4.74 Å². The third-order valence-electron chi connectivity index (χ3n) is 2.02. The Morgan fingerprint density at radius 2 is 1.94 bits per heavy atom. The molecule has 0 saturated heterocycles. The zero-order valence-corrected chi connectivity index (χ0v) is 10.3. The first kappa shape index (κ1) is 12.9. The first-order valence-corrected chi connectivity index (χ1v) is 5.94. The van der Waals surface area contributed by atoms with E-state index in [-0.39, 0.29) is 4.90 Å². The number of hydroxylamine groups is 1. The summed E-state index contributed by atoms with van der Waals surface area (Å²) < 4.78 is 20.9. The van der Waals surface area contributed by atoms with Crippen molar-refractivity contribution in [3.63, 3.8) is 0 Å². The summed E-state index contributed by atoms with van der Waals surface area (Å²) in [6.07, 6.45) is 1.34. The van der Waals surface area contributed by atoms with Gasteiger partial charge in [-0.05, 0) is 12.1 Å². The number of rotatable bonds is 2. The number of nitrogens with zero attached hydrogens (tertiary/aromatic N) is 1. The number of hydrogen-bond acceptors (Lipinski definition) is 2. The van der Waals surface area contributed by atoms with E-state index >= 15 is 0 Å². The molecule has 0 bridgehead atoms. The fourth-order valence-electron chi connectivity index (χ4n) is 1.07. The van der Waals surface area contributed by atoms with Crippen molar-refractivity contribution in [1.82, 2.24) is 0 Å². The highest BCUT2D eigenvalue weighted by molar-refractivity contribution is 7.79. The molecular formula is C11H15NO3S. The Labute approximate surface area is 97.5 Å². The van der Waals surface area contributed by atoms with Crippen molar-refractivity contribution in [3.05, 3.63) is 35.0 Å². The van der Waals surface area contributed by atoms with Gasteiger partial charge in [0, 0.05) is 20.8 Å². The van der Waals surface area contributed by atoms with Gasteiger partial charge in [-0.3, -0.25) is 0 Å². The number of benzene rings is 1. The minimum absolute atomic E-state index is 0.243. The lowest BCUT2D eigenvalue weighted by molar-refractivity contribution is -0.530. The van der Waals surface area contributed by atoms with Gasteiger partial charge in [0.05, 0.1) is 10.5 Å². The molecule has 1 atom stereocenters. The van der Waals surface area contributed by atoms with E-state index in [2.05, 4.69) is 0 Å². The molecule has 1 rings (SSSR count). The quantitative estimate of drug-likeness (QED) is 0.283. The maximum Gasteiger partial charge on any atom is 0.187 e. The van der Waals surface area contributed by atoms with Crippen LogP contribution in [0.1, 0.15) is 26.3 Å². The van der Waals surface area contributed by atoms with Crippen LogP contribution in [-0.2, 0) is 11.1 Å². The number of hydrogen-bond donors (Lipinski definition) is 1. The molecule has 0 heterocycles. The molecule has 1 N–H and O–H groups in total.